The van der Waals surface area contributed by atoms with Crippen molar-refractivity contribution in [3.63, 3.8) is 0 Å². The zero-order valence-corrected chi connectivity index (χ0v) is 14.6. The first kappa shape index (κ1) is 17.0. The largest absolute Gasteiger partial charge is 0.323 e. The van der Waals surface area contributed by atoms with Gasteiger partial charge in [0.25, 0.3) is 0 Å². The molecule has 25 heavy (non-hydrogen) atoms. The molecule has 0 atom stereocenters. The lowest BCUT2D eigenvalue weighted by molar-refractivity contribution is -0.119. The fraction of sp³-hybridized carbons (Fsp3) is 0.300. The van der Waals surface area contributed by atoms with E-state index in [1.165, 1.54) is 0 Å². The number of piperidine rings is 1. The molecule has 0 spiro atoms. The van der Waals surface area contributed by atoms with E-state index in [4.69, 9.17) is 0 Å². The van der Waals surface area contributed by atoms with E-state index in [1.54, 1.807) is 0 Å². The molecule has 0 aromatic heterocycles. The van der Waals surface area contributed by atoms with Crippen molar-refractivity contribution in [1.82, 2.24) is 0 Å². The zero-order valence-electron chi connectivity index (χ0n) is 14.6. The van der Waals surface area contributed by atoms with Gasteiger partial charge in [0.2, 0.25) is 5.91 Å². The van der Waals surface area contributed by atoms with Crippen LogP contribution in [0.15, 0.2) is 42.5 Å². The molecule has 2 N–H and O–H groups in total. The van der Waals surface area contributed by atoms with Crippen molar-refractivity contribution in [3.05, 3.63) is 53.6 Å². The lowest BCUT2D eigenvalue weighted by atomic mass is 10.1. The highest BCUT2D eigenvalue weighted by molar-refractivity contribution is 6.00. The normalized spacial score (nSPS) is 14.3. The number of carbonyl (C=O) groups is 2. The molecule has 0 radical (unpaired) electrons. The fourth-order valence-corrected chi connectivity index (χ4v) is 3.14. The smallest absolute Gasteiger partial charge is 0.312 e. The average molecular weight is 337 g/mol. The Morgan fingerprint density at radius 2 is 1.56 bits per heavy atom. The Morgan fingerprint density at radius 3 is 2.20 bits per heavy atom. The first-order valence-electron chi connectivity index (χ1n) is 8.58. The molecule has 1 saturated heterocycles. The minimum Gasteiger partial charge on any atom is -0.312 e. The number of amides is 3. The van der Waals surface area contributed by atoms with E-state index in [1.807, 2.05) is 55.1 Å². The van der Waals surface area contributed by atoms with E-state index in [-0.39, 0.29) is 11.9 Å². The molecule has 0 bridgehead atoms. The van der Waals surface area contributed by atoms with Gasteiger partial charge in [0, 0.05) is 30.0 Å². The maximum atomic E-state index is 12.2. The third-order valence-electron chi connectivity index (χ3n) is 4.24. The number of hydrogen-bond acceptors (Lipinski definition) is 2. The van der Waals surface area contributed by atoms with Gasteiger partial charge in [-0.3, -0.25) is 4.79 Å². The molecule has 0 unspecified atom stereocenters. The molecular formula is C20H23N3O2. The number of nitrogens with one attached hydrogen (secondary N) is 2. The number of anilines is 3. The van der Waals surface area contributed by atoms with Crippen molar-refractivity contribution in [1.29, 1.82) is 0 Å². The maximum absolute atomic E-state index is 12.2. The number of benzene rings is 2. The zero-order chi connectivity index (χ0) is 17.8. The van der Waals surface area contributed by atoms with Crippen LogP contribution < -0.4 is 15.5 Å². The van der Waals surface area contributed by atoms with E-state index >= 15 is 0 Å². The summed E-state index contributed by atoms with van der Waals surface area (Å²) in [5, 5.41) is 5.66. The van der Waals surface area contributed by atoms with Gasteiger partial charge in [-0.05, 0) is 74.2 Å². The summed E-state index contributed by atoms with van der Waals surface area (Å²) >= 11 is 0. The van der Waals surface area contributed by atoms with Gasteiger partial charge in [0.15, 0.2) is 0 Å². The van der Waals surface area contributed by atoms with Gasteiger partial charge in [0.1, 0.15) is 0 Å². The van der Waals surface area contributed by atoms with Gasteiger partial charge in [-0.2, -0.15) is 0 Å². The van der Waals surface area contributed by atoms with Gasteiger partial charge in [0.05, 0.1) is 0 Å². The van der Waals surface area contributed by atoms with Crippen molar-refractivity contribution < 1.29 is 9.59 Å². The Kier molecular flexibility index (Phi) is 5.03. The molecule has 0 aliphatic carbocycles. The molecule has 130 valence electrons. The van der Waals surface area contributed by atoms with Crippen molar-refractivity contribution in [2.24, 2.45) is 0 Å². The number of nitrogens with zero attached hydrogens (tertiary/aromatic N) is 1. The molecule has 2 aromatic carbocycles. The summed E-state index contributed by atoms with van der Waals surface area (Å²) in [4.78, 5) is 25.9. The van der Waals surface area contributed by atoms with Gasteiger partial charge in [-0.15, -0.1) is 0 Å². The van der Waals surface area contributed by atoms with E-state index in [0.29, 0.717) is 12.1 Å². The lowest BCUT2D eigenvalue weighted by Gasteiger charge is -2.26. The summed E-state index contributed by atoms with van der Waals surface area (Å²) in [5.74, 6) is 0.166. The number of rotatable bonds is 3. The van der Waals surface area contributed by atoms with Crippen molar-refractivity contribution in [2.45, 2.75) is 33.1 Å². The SMILES string of the molecule is Cc1cc(C)cc(NC(=O)Nc2ccc(N3CCCCC3=O)cc2)c1. The fourth-order valence-electron chi connectivity index (χ4n) is 3.14. The van der Waals surface area contributed by atoms with Crippen molar-refractivity contribution in [3.8, 4) is 0 Å². The van der Waals surface area contributed by atoms with Crippen LogP contribution in [0.2, 0.25) is 0 Å². The highest BCUT2D eigenvalue weighted by atomic mass is 16.2. The van der Waals surface area contributed by atoms with Gasteiger partial charge in [-0.25, -0.2) is 4.79 Å². The van der Waals surface area contributed by atoms with Crippen LogP contribution in [-0.4, -0.2) is 18.5 Å². The van der Waals surface area contributed by atoms with Crippen molar-refractivity contribution >= 4 is 29.0 Å². The molecule has 1 heterocycles. The van der Waals surface area contributed by atoms with Gasteiger partial charge < -0.3 is 15.5 Å². The molecule has 1 aliphatic rings. The van der Waals surface area contributed by atoms with Crippen LogP contribution in [0.25, 0.3) is 0 Å². The predicted molar refractivity (Wildman–Crippen MR) is 101 cm³/mol. The third kappa shape index (κ3) is 4.38. The summed E-state index contributed by atoms with van der Waals surface area (Å²) in [7, 11) is 0. The monoisotopic (exact) mass is 337 g/mol. The molecule has 2 aromatic rings. The third-order valence-corrected chi connectivity index (χ3v) is 4.24. The summed E-state index contributed by atoms with van der Waals surface area (Å²) in [6.07, 6.45) is 2.61. The number of carbonyl (C=O) groups excluding carboxylic acids is 2. The Morgan fingerprint density at radius 1 is 0.920 bits per heavy atom. The Labute approximate surface area is 148 Å². The Bertz CT molecular complexity index is 764. The molecule has 3 rings (SSSR count). The van der Waals surface area contributed by atoms with E-state index in [9.17, 15) is 9.59 Å². The minimum absolute atomic E-state index is 0.166. The summed E-state index contributed by atoms with van der Waals surface area (Å²) in [5.41, 5.74) is 4.54. The van der Waals surface area contributed by atoms with E-state index in [2.05, 4.69) is 16.7 Å². The predicted octanol–water partition coefficient (Wildman–Crippen LogP) is 4.46. The lowest BCUT2D eigenvalue weighted by Crippen LogP contribution is -2.35. The first-order chi connectivity index (χ1) is 12.0. The maximum Gasteiger partial charge on any atom is 0.323 e. The van der Waals surface area contributed by atoms with Crippen LogP contribution in [-0.2, 0) is 4.79 Å². The second-order valence-electron chi connectivity index (χ2n) is 6.50. The van der Waals surface area contributed by atoms with Crippen LogP contribution in [0.5, 0.6) is 0 Å². The standard InChI is InChI=1S/C20H23N3O2/c1-14-11-15(2)13-17(12-14)22-20(25)21-16-6-8-18(9-7-16)23-10-4-3-5-19(23)24/h6-9,11-13H,3-5,10H2,1-2H3,(H2,21,22,25). The Hall–Kier alpha value is -2.82. The highest BCUT2D eigenvalue weighted by Crippen LogP contribution is 2.23. The van der Waals surface area contributed by atoms with Crippen LogP contribution in [0, 0.1) is 13.8 Å². The highest BCUT2D eigenvalue weighted by Gasteiger charge is 2.19. The number of urea groups is 1. The van der Waals surface area contributed by atoms with Crippen LogP contribution in [0.3, 0.4) is 0 Å². The minimum atomic E-state index is -0.285. The molecule has 1 aliphatic heterocycles. The van der Waals surface area contributed by atoms with Crippen molar-refractivity contribution in [2.75, 3.05) is 22.1 Å². The average Bonchev–Trinajstić information content (AvgIpc) is 2.55. The number of hydrogen-bond donors (Lipinski definition) is 2. The first-order valence-corrected chi connectivity index (χ1v) is 8.58. The quantitative estimate of drug-likeness (QED) is 0.868. The molecular weight excluding hydrogens is 314 g/mol. The molecule has 0 saturated carbocycles. The topological polar surface area (TPSA) is 61.4 Å². The van der Waals surface area contributed by atoms with Crippen LogP contribution >= 0.6 is 0 Å². The summed E-state index contributed by atoms with van der Waals surface area (Å²) in [6.45, 7) is 4.76. The summed E-state index contributed by atoms with van der Waals surface area (Å²) in [6, 6.07) is 13.0. The second kappa shape index (κ2) is 7.38. The van der Waals surface area contributed by atoms with Crippen LogP contribution in [0.1, 0.15) is 30.4 Å². The van der Waals surface area contributed by atoms with Crippen LogP contribution in [0.4, 0.5) is 21.9 Å². The molecule has 1 fully saturated rings. The Balaban J connectivity index is 1.62. The van der Waals surface area contributed by atoms with Gasteiger partial charge in [-0.1, -0.05) is 6.07 Å². The summed E-state index contributed by atoms with van der Waals surface area (Å²) < 4.78 is 0. The number of aryl methyl sites for hydroxylation is 2. The van der Waals surface area contributed by atoms with E-state index in [0.717, 1.165) is 41.9 Å². The molecule has 5 nitrogen and oxygen atoms in total. The second-order valence-corrected chi connectivity index (χ2v) is 6.50. The van der Waals surface area contributed by atoms with Gasteiger partial charge >= 0.3 is 6.03 Å². The van der Waals surface area contributed by atoms with E-state index < -0.39 is 0 Å². The molecule has 5 heteroatoms. The molecule has 3 amide bonds.